The number of hydrogen-bond donors (Lipinski definition) is 1. The summed E-state index contributed by atoms with van der Waals surface area (Å²) >= 11 is 5.94. The van der Waals surface area contributed by atoms with Crippen molar-refractivity contribution in [3.05, 3.63) is 71.3 Å². The van der Waals surface area contributed by atoms with E-state index in [-0.39, 0.29) is 11.9 Å². The van der Waals surface area contributed by atoms with Gasteiger partial charge in [-0.1, -0.05) is 29.8 Å². The first-order valence-corrected chi connectivity index (χ1v) is 6.95. The lowest BCUT2D eigenvalue weighted by Crippen LogP contribution is -2.14. The molecule has 1 aromatic carbocycles. The van der Waals surface area contributed by atoms with Gasteiger partial charge in [-0.2, -0.15) is 0 Å². The zero-order chi connectivity index (χ0) is 15.4. The first-order valence-electron chi connectivity index (χ1n) is 6.57. The van der Waals surface area contributed by atoms with Crippen LogP contribution in [0.5, 0.6) is 0 Å². The van der Waals surface area contributed by atoms with Gasteiger partial charge in [-0.25, -0.2) is 9.67 Å². The molecule has 22 heavy (non-hydrogen) atoms. The number of aromatic nitrogens is 4. The van der Waals surface area contributed by atoms with Gasteiger partial charge in [0.15, 0.2) is 0 Å². The van der Waals surface area contributed by atoms with Gasteiger partial charge in [0.2, 0.25) is 5.95 Å². The molecular formula is C15H12ClN5O. The van der Waals surface area contributed by atoms with Crippen LogP contribution in [0.25, 0.3) is 0 Å². The van der Waals surface area contributed by atoms with Gasteiger partial charge >= 0.3 is 0 Å². The fourth-order valence-corrected chi connectivity index (χ4v) is 2.13. The molecule has 0 unspecified atom stereocenters. The number of rotatable bonds is 4. The molecular weight excluding hydrogens is 302 g/mol. The number of pyridine rings is 1. The molecule has 0 fully saturated rings. The molecule has 3 rings (SSSR count). The molecule has 1 amide bonds. The van der Waals surface area contributed by atoms with E-state index in [0.29, 0.717) is 17.3 Å². The summed E-state index contributed by atoms with van der Waals surface area (Å²) in [6, 6.07) is 12.6. The molecule has 0 aliphatic rings. The minimum Gasteiger partial charge on any atom is -0.288 e. The molecule has 0 saturated heterocycles. The number of benzene rings is 1. The molecule has 3 aromatic rings. The van der Waals surface area contributed by atoms with Crippen LogP contribution in [0.15, 0.2) is 55.0 Å². The minimum absolute atomic E-state index is 0.234. The minimum atomic E-state index is -0.346. The molecule has 0 spiro atoms. The average Bonchev–Trinajstić information content (AvgIpc) is 2.95. The summed E-state index contributed by atoms with van der Waals surface area (Å²) in [5.41, 5.74) is 1.31. The van der Waals surface area contributed by atoms with Gasteiger partial charge in [-0.15, -0.1) is 5.10 Å². The van der Waals surface area contributed by atoms with Gasteiger partial charge in [0.1, 0.15) is 12.0 Å². The van der Waals surface area contributed by atoms with E-state index in [9.17, 15) is 4.79 Å². The SMILES string of the molecule is O=C(Nc1ncn(Cc2cccc(Cl)c2)n1)c1ccccn1. The summed E-state index contributed by atoms with van der Waals surface area (Å²) in [6.45, 7) is 0.521. The molecule has 6 nitrogen and oxygen atoms in total. The highest BCUT2D eigenvalue weighted by Crippen LogP contribution is 2.12. The quantitative estimate of drug-likeness (QED) is 0.803. The molecule has 0 bridgehead atoms. The number of nitrogens with zero attached hydrogens (tertiary/aromatic N) is 4. The summed E-state index contributed by atoms with van der Waals surface area (Å²) < 4.78 is 1.62. The van der Waals surface area contributed by atoms with E-state index >= 15 is 0 Å². The van der Waals surface area contributed by atoms with Crippen molar-refractivity contribution < 1.29 is 4.79 Å². The third-order valence-corrected chi connectivity index (χ3v) is 3.13. The van der Waals surface area contributed by atoms with Gasteiger partial charge in [0.05, 0.1) is 6.54 Å². The Morgan fingerprint density at radius 3 is 2.86 bits per heavy atom. The highest BCUT2D eigenvalue weighted by molar-refractivity contribution is 6.30. The van der Waals surface area contributed by atoms with Gasteiger partial charge < -0.3 is 0 Å². The maximum atomic E-state index is 11.9. The summed E-state index contributed by atoms with van der Waals surface area (Å²) in [5.74, 6) is -0.112. The summed E-state index contributed by atoms with van der Waals surface area (Å²) in [7, 11) is 0. The number of hydrogen-bond acceptors (Lipinski definition) is 4. The third kappa shape index (κ3) is 3.48. The van der Waals surface area contributed by atoms with Crippen LogP contribution in [-0.4, -0.2) is 25.7 Å². The molecule has 0 radical (unpaired) electrons. The highest BCUT2D eigenvalue weighted by atomic mass is 35.5. The molecule has 2 heterocycles. The van der Waals surface area contributed by atoms with E-state index in [1.807, 2.05) is 24.3 Å². The second-order valence-corrected chi connectivity index (χ2v) is 5.00. The zero-order valence-corrected chi connectivity index (χ0v) is 12.2. The second-order valence-electron chi connectivity index (χ2n) is 4.56. The van der Waals surface area contributed by atoms with E-state index < -0.39 is 0 Å². The molecule has 110 valence electrons. The van der Waals surface area contributed by atoms with Crippen molar-refractivity contribution in [2.45, 2.75) is 6.54 Å². The number of carbonyl (C=O) groups is 1. The largest absolute Gasteiger partial charge is 0.288 e. The Bertz CT molecular complexity index is 787. The topological polar surface area (TPSA) is 72.7 Å². The van der Waals surface area contributed by atoms with Crippen molar-refractivity contribution in [1.29, 1.82) is 0 Å². The summed E-state index contributed by atoms with van der Waals surface area (Å²) in [5, 5.41) is 7.48. The highest BCUT2D eigenvalue weighted by Gasteiger charge is 2.09. The van der Waals surface area contributed by atoms with Crippen LogP contribution in [0, 0.1) is 0 Å². The van der Waals surface area contributed by atoms with Crippen molar-refractivity contribution in [3.63, 3.8) is 0 Å². The van der Waals surface area contributed by atoms with E-state index in [0.717, 1.165) is 5.56 Å². The Balaban J connectivity index is 1.68. The lowest BCUT2D eigenvalue weighted by Gasteiger charge is -2.02. The van der Waals surface area contributed by atoms with Gasteiger partial charge in [0, 0.05) is 11.2 Å². The smallest absolute Gasteiger partial charge is 0.276 e. The number of carbonyl (C=O) groups excluding carboxylic acids is 1. The van der Waals surface area contributed by atoms with Gasteiger partial charge in [0.25, 0.3) is 5.91 Å². The maximum Gasteiger partial charge on any atom is 0.276 e. The summed E-state index contributed by atoms with van der Waals surface area (Å²) in [4.78, 5) is 20.0. The lowest BCUT2D eigenvalue weighted by atomic mass is 10.2. The molecule has 0 aliphatic carbocycles. The number of halogens is 1. The molecule has 0 atom stereocenters. The Hall–Kier alpha value is -2.73. The van der Waals surface area contributed by atoms with E-state index in [4.69, 9.17) is 11.6 Å². The van der Waals surface area contributed by atoms with Gasteiger partial charge in [-0.3, -0.25) is 15.1 Å². The normalized spacial score (nSPS) is 10.4. The first kappa shape index (κ1) is 14.2. The number of nitrogens with one attached hydrogen (secondary N) is 1. The second kappa shape index (κ2) is 6.36. The number of amides is 1. The standard InChI is InChI=1S/C15H12ClN5O/c16-12-5-3-4-11(8-12)9-21-10-18-15(20-21)19-14(22)13-6-1-2-7-17-13/h1-8,10H,9H2,(H,19,20,22). The van der Waals surface area contributed by atoms with Crippen LogP contribution >= 0.6 is 11.6 Å². The molecule has 1 N–H and O–H groups in total. The Morgan fingerprint density at radius 2 is 2.09 bits per heavy atom. The third-order valence-electron chi connectivity index (χ3n) is 2.89. The lowest BCUT2D eigenvalue weighted by molar-refractivity contribution is 0.102. The van der Waals surface area contributed by atoms with Crippen molar-refractivity contribution in [3.8, 4) is 0 Å². The van der Waals surface area contributed by atoms with Crippen LogP contribution < -0.4 is 5.32 Å². The van der Waals surface area contributed by atoms with Gasteiger partial charge in [-0.05, 0) is 29.8 Å². The summed E-state index contributed by atoms with van der Waals surface area (Å²) in [6.07, 6.45) is 3.11. The predicted molar refractivity (Wildman–Crippen MR) is 82.8 cm³/mol. The maximum absolute atomic E-state index is 11.9. The van der Waals surface area contributed by atoms with Crippen LogP contribution in [0.3, 0.4) is 0 Å². The van der Waals surface area contributed by atoms with E-state index in [1.54, 1.807) is 35.4 Å². The first-order chi connectivity index (χ1) is 10.7. The molecule has 2 aromatic heterocycles. The average molecular weight is 314 g/mol. The fourth-order valence-electron chi connectivity index (χ4n) is 1.91. The van der Waals surface area contributed by atoms with E-state index in [2.05, 4.69) is 20.4 Å². The van der Waals surface area contributed by atoms with Crippen molar-refractivity contribution >= 4 is 23.5 Å². The Kier molecular flexibility index (Phi) is 4.11. The predicted octanol–water partition coefficient (Wildman–Crippen LogP) is 2.63. The van der Waals surface area contributed by atoms with Crippen LogP contribution in [0.1, 0.15) is 16.1 Å². The monoisotopic (exact) mass is 313 g/mol. The van der Waals surface area contributed by atoms with Crippen LogP contribution in [0.2, 0.25) is 5.02 Å². The fraction of sp³-hybridized carbons (Fsp3) is 0.0667. The van der Waals surface area contributed by atoms with Crippen molar-refractivity contribution in [1.82, 2.24) is 19.7 Å². The molecule has 0 saturated carbocycles. The Labute approximate surface area is 131 Å². The Morgan fingerprint density at radius 1 is 1.18 bits per heavy atom. The van der Waals surface area contributed by atoms with Crippen LogP contribution in [0.4, 0.5) is 5.95 Å². The van der Waals surface area contributed by atoms with Crippen LogP contribution in [-0.2, 0) is 6.54 Å². The van der Waals surface area contributed by atoms with E-state index in [1.165, 1.54) is 0 Å². The molecule has 0 aliphatic heterocycles. The molecule has 7 heteroatoms. The van der Waals surface area contributed by atoms with Crippen molar-refractivity contribution in [2.24, 2.45) is 0 Å². The number of anilines is 1. The zero-order valence-electron chi connectivity index (χ0n) is 11.5. The van der Waals surface area contributed by atoms with Crippen molar-refractivity contribution in [2.75, 3.05) is 5.32 Å².